The van der Waals surface area contributed by atoms with Crippen LogP contribution in [0.1, 0.15) is 22.5 Å². The number of hydrogen-bond donors (Lipinski definition) is 1. The second-order valence-electron chi connectivity index (χ2n) is 4.77. The number of rotatable bonds is 5. The minimum atomic E-state index is 0.651. The summed E-state index contributed by atoms with van der Waals surface area (Å²) < 4.78 is 7.25. The molecule has 2 rings (SSSR count). The molecule has 0 saturated heterocycles. The van der Waals surface area contributed by atoms with Crippen molar-refractivity contribution in [3.8, 4) is 5.88 Å². The van der Waals surface area contributed by atoms with Crippen molar-refractivity contribution >= 4 is 0 Å². The zero-order chi connectivity index (χ0) is 13.8. The molecule has 2 heterocycles. The number of pyridine rings is 1. The maximum atomic E-state index is 5.04. The first kappa shape index (κ1) is 13.6. The molecule has 0 unspecified atom stereocenters. The molecule has 0 aliphatic heterocycles. The zero-order valence-corrected chi connectivity index (χ0v) is 12.0. The first-order valence-corrected chi connectivity index (χ1v) is 6.43. The molecule has 4 nitrogen and oxygen atoms in total. The van der Waals surface area contributed by atoms with Crippen LogP contribution < -0.4 is 10.1 Å². The van der Waals surface area contributed by atoms with Crippen LogP contribution in [0.5, 0.6) is 5.88 Å². The molecular weight excluding hydrogens is 238 g/mol. The van der Waals surface area contributed by atoms with Crippen LogP contribution in [0.2, 0.25) is 0 Å². The van der Waals surface area contributed by atoms with E-state index in [0.717, 1.165) is 18.7 Å². The van der Waals surface area contributed by atoms with Gasteiger partial charge in [0.05, 0.1) is 7.11 Å². The van der Waals surface area contributed by atoms with Gasteiger partial charge in [-0.1, -0.05) is 6.07 Å². The molecule has 19 heavy (non-hydrogen) atoms. The van der Waals surface area contributed by atoms with Crippen LogP contribution in [-0.4, -0.2) is 16.7 Å². The monoisotopic (exact) mass is 259 g/mol. The third-order valence-electron chi connectivity index (χ3n) is 3.53. The van der Waals surface area contributed by atoms with E-state index in [2.05, 4.69) is 41.8 Å². The van der Waals surface area contributed by atoms with Gasteiger partial charge in [-0.3, -0.25) is 0 Å². The van der Waals surface area contributed by atoms with Crippen LogP contribution >= 0.6 is 0 Å². The Labute approximate surface area is 114 Å². The van der Waals surface area contributed by atoms with Crippen molar-refractivity contribution in [3.63, 3.8) is 0 Å². The first-order chi connectivity index (χ1) is 9.11. The molecule has 1 N–H and O–H groups in total. The molecule has 0 bridgehead atoms. The average Bonchev–Trinajstić information content (AvgIpc) is 2.67. The smallest absolute Gasteiger partial charge is 0.212 e. The number of hydrogen-bond acceptors (Lipinski definition) is 3. The fourth-order valence-electron chi connectivity index (χ4n) is 2.09. The van der Waals surface area contributed by atoms with Gasteiger partial charge in [-0.2, -0.15) is 0 Å². The summed E-state index contributed by atoms with van der Waals surface area (Å²) in [6.45, 7) is 5.97. The van der Waals surface area contributed by atoms with Crippen molar-refractivity contribution in [2.45, 2.75) is 26.9 Å². The van der Waals surface area contributed by atoms with Gasteiger partial charge in [-0.25, -0.2) is 4.98 Å². The van der Waals surface area contributed by atoms with E-state index in [1.54, 1.807) is 7.11 Å². The third-order valence-corrected chi connectivity index (χ3v) is 3.53. The molecule has 0 spiro atoms. The summed E-state index contributed by atoms with van der Waals surface area (Å²) in [6, 6.07) is 6.14. The zero-order valence-electron chi connectivity index (χ0n) is 12.0. The summed E-state index contributed by atoms with van der Waals surface area (Å²) in [5.74, 6) is 0.651. The lowest BCUT2D eigenvalue weighted by Crippen LogP contribution is -2.13. The Kier molecular flexibility index (Phi) is 4.22. The van der Waals surface area contributed by atoms with E-state index in [4.69, 9.17) is 4.74 Å². The number of nitrogens with one attached hydrogen (secondary N) is 1. The summed E-state index contributed by atoms with van der Waals surface area (Å²) in [5, 5.41) is 3.44. The van der Waals surface area contributed by atoms with E-state index in [1.807, 2.05) is 18.3 Å². The Bertz CT molecular complexity index is 543. The SMILES string of the molecule is COc1ccc(CNCc2cc(C)n(C)c2C)cn1. The lowest BCUT2D eigenvalue weighted by molar-refractivity contribution is 0.397. The van der Waals surface area contributed by atoms with Crippen molar-refractivity contribution < 1.29 is 4.74 Å². The van der Waals surface area contributed by atoms with E-state index in [9.17, 15) is 0 Å². The van der Waals surface area contributed by atoms with Gasteiger partial charge in [-0.05, 0) is 31.0 Å². The van der Waals surface area contributed by atoms with Gasteiger partial charge >= 0.3 is 0 Å². The van der Waals surface area contributed by atoms with Crippen LogP contribution in [-0.2, 0) is 20.1 Å². The minimum absolute atomic E-state index is 0.651. The molecule has 0 aromatic carbocycles. The topological polar surface area (TPSA) is 39.1 Å². The number of ether oxygens (including phenoxy) is 1. The molecule has 0 amide bonds. The Morgan fingerprint density at radius 1 is 1.26 bits per heavy atom. The highest BCUT2D eigenvalue weighted by molar-refractivity contribution is 5.26. The van der Waals surface area contributed by atoms with E-state index in [-0.39, 0.29) is 0 Å². The van der Waals surface area contributed by atoms with Gasteiger partial charge in [0.2, 0.25) is 5.88 Å². The highest BCUT2D eigenvalue weighted by Crippen LogP contribution is 2.13. The number of methoxy groups -OCH3 is 1. The Morgan fingerprint density at radius 2 is 2.05 bits per heavy atom. The quantitative estimate of drug-likeness (QED) is 0.895. The number of aryl methyl sites for hydroxylation is 1. The first-order valence-electron chi connectivity index (χ1n) is 6.43. The van der Waals surface area contributed by atoms with E-state index in [1.165, 1.54) is 17.0 Å². The Hall–Kier alpha value is -1.81. The van der Waals surface area contributed by atoms with Gasteiger partial charge in [-0.15, -0.1) is 0 Å². The fourth-order valence-corrected chi connectivity index (χ4v) is 2.09. The molecule has 0 fully saturated rings. The van der Waals surface area contributed by atoms with Gasteiger partial charge < -0.3 is 14.6 Å². The summed E-state index contributed by atoms with van der Waals surface area (Å²) in [6.07, 6.45) is 1.84. The third kappa shape index (κ3) is 3.15. The number of nitrogens with zero attached hydrogens (tertiary/aromatic N) is 2. The van der Waals surface area contributed by atoms with E-state index < -0.39 is 0 Å². The Balaban J connectivity index is 1.90. The summed E-state index contributed by atoms with van der Waals surface area (Å²) in [7, 11) is 3.72. The van der Waals surface area contributed by atoms with Crippen molar-refractivity contribution in [1.29, 1.82) is 0 Å². The fraction of sp³-hybridized carbons (Fsp3) is 0.400. The normalized spacial score (nSPS) is 10.7. The van der Waals surface area contributed by atoms with Gasteiger partial charge in [0.25, 0.3) is 0 Å². The summed E-state index contributed by atoms with van der Waals surface area (Å²) in [4.78, 5) is 4.19. The Morgan fingerprint density at radius 3 is 2.58 bits per heavy atom. The molecular formula is C15H21N3O. The van der Waals surface area contributed by atoms with Crippen molar-refractivity contribution in [2.24, 2.45) is 7.05 Å². The molecule has 2 aromatic rings. The molecule has 0 radical (unpaired) electrons. The van der Waals surface area contributed by atoms with E-state index >= 15 is 0 Å². The van der Waals surface area contributed by atoms with Crippen LogP contribution in [0, 0.1) is 13.8 Å². The minimum Gasteiger partial charge on any atom is -0.481 e. The highest BCUT2D eigenvalue weighted by atomic mass is 16.5. The summed E-state index contributed by atoms with van der Waals surface area (Å²) in [5.41, 5.74) is 5.12. The van der Waals surface area contributed by atoms with E-state index in [0.29, 0.717) is 5.88 Å². The van der Waals surface area contributed by atoms with Gasteiger partial charge in [0.1, 0.15) is 0 Å². The van der Waals surface area contributed by atoms with Gasteiger partial charge in [0.15, 0.2) is 0 Å². The second-order valence-corrected chi connectivity index (χ2v) is 4.77. The summed E-state index contributed by atoms with van der Waals surface area (Å²) >= 11 is 0. The lowest BCUT2D eigenvalue weighted by atomic mass is 10.2. The molecule has 0 aliphatic carbocycles. The highest BCUT2D eigenvalue weighted by Gasteiger charge is 2.05. The predicted molar refractivity (Wildman–Crippen MR) is 76.2 cm³/mol. The van der Waals surface area contributed by atoms with Crippen LogP contribution in [0.4, 0.5) is 0 Å². The molecule has 102 valence electrons. The largest absolute Gasteiger partial charge is 0.481 e. The maximum Gasteiger partial charge on any atom is 0.212 e. The molecule has 2 aromatic heterocycles. The van der Waals surface area contributed by atoms with Gasteiger partial charge in [0, 0.05) is 43.8 Å². The molecule has 0 saturated carbocycles. The van der Waals surface area contributed by atoms with Crippen LogP contribution in [0.15, 0.2) is 24.4 Å². The van der Waals surface area contributed by atoms with Crippen molar-refractivity contribution in [2.75, 3.05) is 7.11 Å². The van der Waals surface area contributed by atoms with Crippen LogP contribution in [0.3, 0.4) is 0 Å². The molecule has 4 heteroatoms. The molecule has 0 atom stereocenters. The lowest BCUT2D eigenvalue weighted by Gasteiger charge is -2.06. The van der Waals surface area contributed by atoms with Crippen molar-refractivity contribution in [1.82, 2.24) is 14.9 Å². The van der Waals surface area contributed by atoms with Crippen LogP contribution in [0.25, 0.3) is 0 Å². The number of aromatic nitrogens is 2. The van der Waals surface area contributed by atoms with Crippen molar-refractivity contribution in [3.05, 3.63) is 46.9 Å². The second kappa shape index (κ2) is 5.89. The standard InChI is InChI=1S/C15H21N3O/c1-11-7-14(12(2)18(11)3)10-16-8-13-5-6-15(19-4)17-9-13/h5-7,9,16H,8,10H2,1-4H3. The molecule has 0 aliphatic rings. The average molecular weight is 259 g/mol. The maximum absolute atomic E-state index is 5.04. The predicted octanol–water partition coefficient (Wildman–Crippen LogP) is 2.34.